The standard InChI is InChI=1S/C57H46N4O9S2.ClH/c1-37-31-33-44(34-32-37)58-55-60-57(61(45-30-18-19-38(2)35-45)56(72-55)59-43-28-16-7-17-29-43)71-54-49(70-53(65)42-26-14-6-15-27-42)48(69-52(64)41-24-12-5-13-25-41)47(68-51(63)40-22-10-4-11-23-40)46(67-54)36-66-50(62)39-20-8-3-9-21-39;/h3-35,46-49,54H,36H2,1-2H3;1H/t46-,47-,48+,49-,54?;/m1./s1. The molecule has 1 fully saturated rings. The van der Waals surface area contributed by atoms with E-state index in [9.17, 15) is 19.2 Å². The number of esters is 4. The minimum atomic E-state index is -1.58. The molecule has 1 N–H and O–H groups in total. The number of quaternary nitrogens is 1. The van der Waals surface area contributed by atoms with Gasteiger partial charge in [-0.3, -0.25) is 0 Å². The SMILES string of the molecule is Cc1ccc(N=C2N=C(SC3O[C@H](COC(=O)c4ccccc4)[C@@H](OC(=O)c4ccccc4)[C@H](OC(=O)c4ccccc4)[C@H]3OC(=O)c3ccccc3)[NH+](c3cccc(C)c3)C(=Nc3ccccc3)S2)cc1.[Cl-]. The number of aryl methyl sites for hydroxylation is 2. The summed E-state index contributed by atoms with van der Waals surface area (Å²) in [5.41, 5.74) is 3.60. The molecule has 7 aromatic rings. The molecule has 16 heteroatoms. The van der Waals surface area contributed by atoms with Gasteiger partial charge in [0, 0.05) is 23.9 Å². The summed E-state index contributed by atoms with van der Waals surface area (Å²) in [6, 6.07) is 58.3. The van der Waals surface area contributed by atoms with Crippen LogP contribution in [0.25, 0.3) is 0 Å². The molecule has 13 nitrogen and oxygen atoms in total. The van der Waals surface area contributed by atoms with Gasteiger partial charge in [-0.25, -0.2) is 24.2 Å². The van der Waals surface area contributed by atoms with Gasteiger partial charge in [0.05, 0.1) is 33.6 Å². The number of benzene rings is 7. The molecule has 0 bridgehead atoms. The van der Waals surface area contributed by atoms with Gasteiger partial charge in [0.1, 0.15) is 18.4 Å². The van der Waals surface area contributed by atoms with E-state index < -0.39 is 60.3 Å². The zero-order chi connectivity index (χ0) is 49.8. The third kappa shape index (κ3) is 13.3. The Morgan fingerprint density at radius 1 is 0.548 bits per heavy atom. The number of nitrogens with zero attached hydrogens (tertiary/aromatic N) is 3. The van der Waals surface area contributed by atoms with Crippen LogP contribution >= 0.6 is 23.5 Å². The Morgan fingerprint density at radius 2 is 1.03 bits per heavy atom. The number of aliphatic imine (C=N–C) groups is 3. The molecule has 9 rings (SSSR count). The van der Waals surface area contributed by atoms with Crippen LogP contribution in [0.2, 0.25) is 0 Å². The average molecular weight is 1030 g/mol. The van der Waals surface area contributed by atoms with E-state index in [0.29, 0.717) is 31.8 Å². The maximum atomic E-state index is 14.4. The van der Waals surface area contributed by atoms with Crippen molar-refractivity contribution in [3.05, 3.63) is 234 Å². The lowest BCUT2D eigenvalue weighted by atomic mass is 9.98. The van der Waals surface area contributed by atoms with Crippen molar-refractivity contribution in [3.8, 4) is 0 Å². The van der Waals surface area contributed by atoms with Crippen LogP contribution in [0, 0.1) is 13.8 Å². The predicted molar refractivity (Wildman–Crippen MR) is 279 cm³/mol. The average Bonchev–Trinajstić information content (AvgIpc) is 3.41. The van der Waals surface area contributed by atoms with Gasteiger partial charge in [-0.15, -0.1) is 0 Å². The molecule has 6 atom stereocenters. The lowest BCUT2D eigenvalue weighted by Gasteiger charge is -2.44. The Balaban J connectivity index is 0.00000711. The molecule has 2 aliphatic heterocycles. The number of para-hydroxylation sites is 1. The molecule has 2 aliphatic rings. The Hall–Kier alpha value is -7.66. The fourth-order valence-corrected chi connectivity index (χ4v) is 10.0. The molecule has 1 saturated heterocycles. The van der Waals surface area contributed by atoms with Crippen molar-refractivity contribution in [2.24, 2.45) is 15.0 Å². The van der Waals surface area contributed by atoms with E-state index in [1.165, 1.54) is 11.8 Å². The van der Waals surface area contributed by atoms with Gasteiger partial charge in [0.2, 0.25) is 5.17 Å². The highest BCUT2D eigenvalue weighted by Gasteiger charge is 2.55. The summed E-state index contributed by atoms with van der Waals surface area (Å²) in [4.78, 5) is 72.7. The quantitative estimate of drug-likeness (QED) is 0.0915. The summed E-state index contributed by atoms with van der Waals surface area (Å²) in [7, 11) is 0. The Kier molecular flexibility index (Phi) is 17.5. The smallest absolute Gasteiger partial charge is 0.338 e. The summed E-state index contributed by atoms with van der Waals surface area (Å²) in [6.07, 6.45) is -5.96. The van der Waals surface area contributed by atoms with Crippen molar-refractivity contribution in [2.45, 2.75) is 43.7 Å². The largest absolute Gasteiger partial charge is 1.00 e. The number of ether oxygens (including phenoxy) is 5. The second kappa shape index (κ2) is 24.6. The van der Waals surface area contributed by atoms with E-state index in [4.69, 9.17) is 38.7 Å². The number of hydrogen-bond donors (Lipinski definition) is 1. The predicted octanol–water partition coefficient (Wildman–Crippen LogP) is 7.29. The molecule has 0 amide bonds. The highest BCUT2D eigenvalue weighted by atomic mass is 35.5. The maximum absolute atomic E-state index is 14.4. The summed E-state index contributed by atoms with van der Waals surface area (Å²) in [5, 5.41) is 1.26. The fourth-order valence-electron chi connectivity index (χ4n) is 7.74. The number of carbonyl (C=O) groups is 4. The molecule has 73 heavy (non-hydrogen) atoms. The van der Waals surface area contributed by atoms with Crippen molar-refractivity contribution in [1.82, 2.24) is 0 Å². The number of amidine groups is 3. The highest BCUT2D eigenvalue weighted by molar-refractivity contribution is 8.26. The minimum Gasteiger partial charge on any atom is -1.00 e. The Bertz CT molecular complexity index is 3120. The van der Waals surface area contributed by atoms with E-state index in [2.05, 4.69) is 0 Å². The van der Waals surface area contributed by atoms with Crippen molar-refractivity contribution >= 4 is 80.0 Å². The van der Waals surface area contributed by atoms with E-state index in [1.807, 2.05) is 92.7 Å². The topological polar surface area (TPSA) is 156 Å². The minimum absolute atomic E-state index is 0. The number of thioether (sulfide) groups is 2. The fraction of sp³-hybridized carbons (Fsp3) is 0.140. The summed E-state index contributed by atoms with van der Waals surface area (Å²) in [6.45, 7) is 3.48. The molecule has 368 valence electrons. The third-order valence-corrected chi connectivity index (χ3v) is 13.3. The summed E-state index contributed by atoms with van der Waals surface area (Å²) < 4.78 is 32.1. The lowest BCUT2D eigenvalue weighted by Crippen LogP contribution is -3.12. The number of halogens is 1. The molecular formula is C57H47ClN4O9S2. The molecule has 7 aromatic carbocycles. The van der Waals surface area contributed by atoms with Crippen molar-refractivity contribution in [1.29, 1.82) is 0 Å². The first-order valence-electron chi connectivity index (χ1n) is 23.0. The van der Waals surface area contributed by atoms with Gasteiger partial charge in [-0.2, -0.15) is 14.9 Å². The van der Waals surface area contributed by atoms with Gasteiger partial charge < -0.3 is 36.1 Å². The first kappa shape index (κ1) is 51.7. The van der Waals surface area contributed by atoms with E-state index in [0.717, 1.165) is 28.6 Å². The molecule has 2 unspecified atom stereocenters. The van der Waals surface area contributed by atoms with Crippen molar-refractivity contribution in [3.63, 3.8) is 0 Å². The highest BCUT2D eigenvalue weighted by Crippen LogP contribution is 2.37. The monoisotopic (exact) mass is 1030 g/mol. The van der Waals surface area contributed by atoms with E-state index >= 15 is 0 Å². The van der Waals surface area contributed by atoms with Crippen LogP contribution < -0.4 is 17.3 Å². The zero-order valence-electron chi connectivity index (χ0n) is 39.4. The van der Waals surface area contributed by atoms with Crippen molar-refractivity contribution in [2.75, 3.05) is 6.61 Å². The van der Waals surface area contributed by atoms with Crippen LogP contribution in [0.5, 0.6) is 0 Å². The van der Waals surface area contributed by atoms with Crippen LogP contribution in [0.1, 0.15) is 52.6 Å². The Labute approximate surface area is 436 Å². The summed E-state index contributed by atoms with van der Waals surface area (Å²) >= 11 is 2.35. The lowest BCUT2D eigenvalue weighted by molar-refractivity contribution is -0.608. The zero-order valence-corrected chi connectivity index (χ0v) is 41.7. The molecule has 0 spiro atoms. The number of hydrogen-bond acceptors (Lipinski definition) is 13. The molecule has 2 heterocycles. The number of rotatable bonds is 13. The molecule has 0 aliphatic carbocycles. The van der Waals surface area contributed by atoms with Gasteiger partial charge >= 0.3 is 23.9 Å². The number of carbonyl (C=O) groups excluding carboxylic acids is 4. The van der Waals surface area contributed by atoms with Crippen LogP contribution in [-0.2, 0) is 23.7 Å². The van der Waals surface area contributed by atoms with Crippen LogP contribution in [0.15, 0.2) is 215 Å². The van der Waals surface area contributed by atoms with E-state index in [1.54, 1.807) is 121 Å². The van der Waals surface area contributed by atoms with Crippen LogP contribution in [-0.4, -0.2) is 75.8 Å². The third-order valence-electron chi connectivity index (χ3n) is 11.3. The Morgan fingerprint density at radius 3 is 1.56 bits per heavy atom. The summed E-state index contributed by atoms with van der Waals surface area (Å²) in [5.74, 6) is -3.08. The maximum Gasteiger partial charge on any atom is 0.338 e. The first-order valence-corrected chi connectivity index (χ1v) is 24.7. The van der Waals surface area contributed by atoms with E-state index in [-0.39, 0.29) is 34.7 Å². The molecular weight excluding hydrogens is 984 g/mol. The first-order chi connectivity index (χ1) is 35.1. The second-order valence-electron chi connectivity index (χ2n) is 16.6. The van der Waals surface area contributed by atoms with Gasteiger partial charge in [-0.05, 0) is 104 Å². The van der Waals surface area contributed by atoms with Crippen LogP contribution in [0.3, 0.4) is 0 Å². The normalized spacial score (nSPS) is 20.4. The second-order valence-corrected chi connectivity index (χ2v) is 18.6. The van der Waals surface area contributed by atoms with Crippen LogP contribution in [0.4, 0.5) is 17.1 Å². The molecule has 0 saturated carbocycles. The van der Waals surface area contributed by atoms with Gasteiger partial charge in [0.25, 0.3) is 10.3 Å². The molecule has 0 aromatic heterocycles. The number of nitrogens with one attached hydrogen (secondary N) is 1. The van der Waals surface area contributed by atoms with Crippen molar-refractivity contribution < 1.29 is 60.2 Å². The van der Waals surface area contributed by atoms with Gasteiger partial charge in [0.15, 0.2) is 23.7 Å². The molecule has 0 radical (unpaired) electrons. The van der Waals surface area contributed by atoms with Gasteiger partial charge in [-0.1, -0.05) is 121 Å².